The number of hydrogen-bond acceptors (Lipinski definition) is 5. The molecule has 0 aliphatic rings. The number of carboxylic acid groups (broad SMARTS) is 1. The van der Waals surface area contributed by atoms with Gasteiger partial charge >= 0.3 is 5.97 Å². The SMILES string of the molecule is COCCN(CC(=O)O)C(=O)c1cn(-c2ccccc2)nn1. The zero-order chi connectivity index (χ0) is 15.9. The Morgan fingerprint density at radius 3 is 2.68 bits per heavy atom. The molecule has 22 heavy (non-hydrogen) atoms. The molecule has 0 aliphatic carbocycles. The molecule has 0 spiro atoms. The topological polar surface area (TPSA) is 97.6 Å². The van der Waals surface area contributed by atoms with Crippen molar-refractivity contribution in [3.05, 3.63) is 42.2 Å². The van der Waals surface area contributed by atoms with Crippen molar-refractivity contribution in [2.24, 2.45) is 0 Å². The van der Waals surface area contributed by atoms with Crippen LogP contribution in [0.3, 0.4) is 0 Å². The smallest absolute Gasteiger partial charge is 0.323 e. The lowest BCUT2D eigenvalue weighted by Crippen LogP contribution is -2.38. The molecule has 8 heteroatoms. The summed E-state index contributed by atoms with van der Waals surface area (Å²) in [5.74, 6) is -1.60. The number of methoxy groups -OCH3 is 1. The minimum Gasteiger partial charge on any atom is -0.480 e. The Morgan fingerprint density at radius 1 is 1.32 bits per heavy atom. The van der Waals surface area contributed by atoms with E-state index in [9.17, 15) is 9.59 Å². The highest BCUT2D eigenvalue weighted by molar-refractivity contribution is 5.93. The first-order valence-corrected chi connectivity index (χ1v) is 6.59. The largest absolute Gasteiger partial charge is 0.480 e. The summed E-state index contributed by atoms with van der Waals surface area (Å²) in [6.45, 7) is -0.00787. The maximum atomic E-state index is 12.3. The molecular weight excluding hydrogens is 288 g/mol. The van der Waals surface area contributed by atoms with Crippen molar-refractivity contribution >= 4 is 11.9 Å². The molecule has 0 atom stereocenters. The summed E-state index contributed by atoms with van der Waals surface area (Å²) in [5.41, 5.74) is 0.844. The fourth-order valence-electron chi connectivity index (χ4n) is 1.85. The Hall–Kier alpha value is -2.74. The first-order chi connectivity index (χ1) is 10.6. The standard InChI is InChI=1S/C14H16N4O4/c1-22-8-7-17(10-13(19)20)14(21)12-9-18(16-15-12)11-5-3-2-4-6-11/h2-6,9H,7-8,10H2,1H3,(H,19,20). The van der Waals surface area contributed by atoms with Gasteiger partial charge in [-0.3, -0.25) is 9.59 Å². The monoisotopic (exact) mass is 304 g/mol. The van der Waals surface area contributed by atoms with Gasteiger partial charge in [-0.1, -0.05) is 23.4 Å². The van der Waals surface area contributed by atoms with Crippen molar-refractivity contribution in [3.8, 4) is 5.69 Å². The van der Waals surface area contributed by atoms with E-state index in [-0.39, 0.29) is 18.8 Å². The van der Waals surface area contributed by atoms with Gasteiger partial charge in [0.25, 0.3) is 5.91 Å². The molecule has 0 bridgehead atoms. The van der Waals surface area contributed by atoms with E-state index >= 15 is 0 Å². The van der Waals surface area contributed by atoms with Crippen LogP contribution in [0.5, 0.6) is 0 Å². The van der Waals surface area contributed by atoms with Gasteiger partial charge in [-0.15, -0.1) is 5.10 Å². The first-order valence-electron chi connectivity index (χ1n) is 6.59. The number of aromatic nitrogens is 3. The van der Waals surface area contributed by atoms with Crippen molar-refractivity contribution in [3.63, 3.8) is 0 Å². The summed E-state index contributed by atoms with van der Waals surface area (Å²) in [5, 5.41) is 16.6. The second kappa shape index (κ2) is 7.32. The molecule has 0 fully saturated rings. The van der Waals surface area contributed by atoms with Crippen molar-refractivity contribution in [2.75, 3.05) is 26.8 Å². The Labute approximate surface area is 126 Å². The molecular formula is C14H16N4O4. The van der Waals surface area contributed by atoms with Gasteiger partial charge in [0.05, 0.1) is 18.5 Å². The van der Waals surface area contributed by atoms with Crippen LogP contribution in [0.2, 0.25) is 0 Å². The fourth-order valence-corrected chi connectivity index (χ4v) is 1.85. The molecule has 0 aliphatic heterocycles. The van der Waals surface area contributed by atoms with Gasteiger partial charge in [-0.2, -0.15) is 0 Å². The number of ether oxygens (including phenoxy) is 1. The second-order valence-electron chi connectivity index (χ2n) is 4.50. The zero-order valence-corrected chi connectivity index (χ0v) is 12.0. The lowest BCUT2D eigenvalue weighted by Gasteiger charge is -2.18. The molecule has 1 aromatic heterocycles. The molecule has 2 rings (SSSR count). The number of para-hydroxylation sites is 1. The number of amides is 1. The van der Waals surface area contributed by atoms with Crippen molar-refractivity contribution in [1.29, 1.82) is 0 Å². The quantitative estimate of drug-likeness (QED) is 0.797. The van der Waals surface area contributed by atoms with Crippen LogP contribution in [-0.2, 0) is 9.53 Å². The number of carbonyl (C=O) groups is 2. The van der Waals surface area contributed by atoms with Gasteiger partial charge in [-0.05, 0) is 12.1 Å². The summed E-state index contributed by atoms with van der Waals surface area (Å²) in [7, 11) is 1.48. The summed E-state index contributed by atoms with van der Waals surface area (Å²) in [4.78, 5) is 24.3. The first kappa shape index (κ1) is 15.6. The number of rotatable bonds is 7. The van der Waals surface area contributed by atoms with E-state index in [0.717, 1.165) is 10.6 Å². The summed E-state index contributed by atoms with van der Waals surface area (Å²) < 4.78 is 6.35. The average molecular weight is 304 g/mol. The Morgan fingerprint density at radius 2 is 2.05 bits per heavy atom. The molecule has 1 N–H and O–H groups in total. The van der Waals surface area contributed by atoms with Gasteiger partial charge in [0, 0.05) is 13.7 Å². The third-order valence-corrected chi connectivity index (χ3v) is 2.91. The number of nitrogens with zero attached hydrogens (tertiary/aromatic N) is 4. The van der Waals surface area contributed by atoms with Crippen LogP contribution in [0.15, 0.2) is 36.5 Å². The Bertz CT molecular complexity index is 641. The molecule has 0 radical (unpaired) electrons. The highest BCUT2D eigenvalue weighted by Gasteiger charge is 2.21. The predicted molar refractivity (Wildman–Crippen MR) is 76.8 cm³/mol. The van der Waals surface area contributed by atoms with Crippen LogP contribution < -0.4 is 0 Å². The molecule has 8 nitrogen and oxygen atoms in total. The van der Waals surface area contributed by atoms with Gasteiger partial charge in [-0.25, -0.2) is 4.68 Å². The molecule has 116 valence electrons. The maximum Gasteiger partial charge on any atom is 0.323 e. The van der Waals surface area contributed by atoms with E-state index in [1.54, 1.807) is 0 Å². The molecule has 1 amide bonds. The van der Waals surface area contributed by atoms with E-state index < -0.39 is 18.4 Å². The van der Waals surface area contributed by atoms with Crippen molar-refractivity contribution < 1.29 is 19.4 Å². The molecule has 0 saturated heterocycles. The predicted octanol–water partition coefficient (Wildman–Crippen LogP) is 0.440. The van der Waals surface area contributed by atoms with Gasteiger partial charge in [0.2, 0.25) is 0 Å². The number of aliphatic carboxylic acids is 1. The molecule has 1 heterocycles. The maximum absolute atomic E-state index is 12.3. The number of hydrogen-bond donors (Lipinski definition) is 1. The van der Waals surface area contributed by atoms with Crippen LogP contribution in [0.25, 0.3) is 5.69 Å². The lowest BCUT2D eigenvalue weighted by atomic mass is 10.3. The minimum absolute atomic E-state index is 0.0845. The Kier molecular flexibility index (Phi) is 5.21. The average Bonchev–Trinajstić information content (AvgIpc) is 3.01. The van der Waals surface area contributed by atoms with Crippen LogP contribution in [-0.4, -0.2) is 63.7 Å². The summed E-state index contributed by atoms with van der Waals surface area (Å²) in [6.07, 6.45) is 1.47. The molecule has 0 saturated carbocycles. The number of carboxylic acids is 1. The van der Waals surface area contributed by atoms with Crippen molar-refractivity contribution in [2.45, 2.75) is 0 Å². The van der Waals surface area contributed by atoms with Crippen LogP contribution in [0.4, 0.5) is 0 Å². The van der Waals surface area contributed by atoms with E-state index in [0.29, 0.717) is 0 Å². The highest BCUT2D eigenvalue weighted by Crippen LogP contribution is 2.07. The van der Waals surface area contributed by atoms with E-state index in [1.807, 2.05) is 30.3 Å². The summed E-state index contributed by atoms with van der Waals surface area (Å²) in [6, 6.07) is 9.19. The lowest BCUT2D eigenvalue weighted by molar-refractivity contribution is -0.137. The summed E-state index contributed by atoms with van der Waals surface area (Å²) >= 11 is 0. The van der Waals surface area contributed by atoms with E-state index in [4.69, 9.17) is 9.84 Å². The Balaban J connectivity index is 2.16. The van der Waals surface area contributed by atoms with Gasteiger partial charge in [0.15, 0.2) is 5.69 Å². The minimum atomic E-state index is -1.10. The zero-order valence-electron chi connectivity index (χ0n) is 12.0. The molecule has 0 unspecified atom stereocenters. The van der Waals surface area contributed by atoms with Gasteiger partial charge in [0.1, 0.15) is 6.54 Å². The second-order valence-corrected chi connectivity index (χ2v) is 4.50. The third kappa shape index (κ3) is 3.89. The van der Waals surface area contributed by atoms with Crippen LogP contribution in [0.1, 0.15) is 10.5 Å². The van der Waals surface area contributed by atoms with E-state index in [2.05, 4.69) is 10.3 Å². The highest BCUT2D eigenvalue weighted by atomic mass is 16.5. The fraction of sp³-hybridized carbons (Fsp3) is 0.286. The van der Waals surface area contributed by atoms with Crippen LogP contribution >= 0.6 is 0 Å². The van der Waals surface area contributed by atoms with Gasteiger partial charge < -0.3 is 14.7 Å². The normalized spacial score (nSPS) is 10.4. The van der Waals surface area contributed by atoms with Crippen LogP contribution in [0, 0.1) is 0 Å². The van der Waals surface area contributed by atoms with E-state index in [1.165, 1.54) is 18.0 Å². The number of benzene rings is 1. The molecule has 2 aromatic rings. The third-order valence-electron chi connectivity index (χ3n) is 2.91. The van der Waals surface area contributed by atoms with Crippen molar-refractivity contribution in [1.82, 2.24) is 19.9 Å². The molecule has 1 aromatic carbocycles. The number of carbonyl (C=O) groups excluding carboxylic acids is 1.